The van der Waals surface area contributed by atoms with Gasteiger partial charge in [-0.05, 0) is 38.1 Å². The van der Waals surface area contributed by atoms with Crippen molar-refractivity contribution in [3.8, 4) is 23.1 Å². The van der Waals surface area contributed by atoms with Gasteiger partial charge in [0.25, 0.3) is 11.7 Å². The molecule has 216 valence electrons. The molecule has 0 aliphatic carbocycles. The predicted molar refractivity (Wildman–Crippen MR) is 159 cm³/mol. The number of nitrogens with one attached hydrogen (secondary N) is 1. The molecule has 0 unspecified atom stereocenters. The van der Waals surface area contributed by atoms with Crippen LogP contribution < -0.4 is 9.47 Å². The molecule has 0 atom stereocenters. The van der Waals surface area contributed by atoms with Crippen molar-refractivity contribution in [1.82, 2.24) is 34.5 Å². The summed E-state index contributed by atoms with van der Waals surface area (Å²) in [7, 11) is 1.50. The SMILES string of the molecule is COc1cnc(-n2cnc(C)n2)c2[nH]cc(C(=O)C(=O)N3CCN(C4=Nc5ccccc5Oc5ccc(C)cc54)CC3)c12. The summed E-state index contributed by atoms with van der Waals surface area (Å²) in [5.41, 5.74) is 3.46. The van der Waals surface area contributed by atoms with Crippen LogP contribution in [0.4, 0.5) is 5.69 Å². The van der Waals surface area contributed by atoms with Gasteiger partial charge in [-0.25, -0.2) is 19.6 Å². The van der Waals surface area contributed by atoms with Crippen LogP contribution in [0.5, 0.6) is 17.2 Å². The summed E-state index contributed by atoms with van der Waals surface area (Å²) in [6.07, 6.45) is 4.58. The number of aliphatic imine (C=N–C) groups is 1. The van der Waals surface area contributed by atoms with Crippen LogP contribution in [-0.4, -0.2) is 85.3 Å². The normalized spacial score (nSPS) is 14.4. The molecule has 5 aromatic rings. The van der Waals surface area contributed by atoms with Gasteiger partial charge in [0.1, 0.15) is 35.2 Å². The number of aromatic nitrogens is 5. The fourth-order valence-electron chi connectivity index (χ4n) is 5.52. The van der Waals surface area contributed by atoms with E-state index in [0.717, 1.165) is 28.4 Å². The zero-order valence-corrected chi connectivity index (χ0v) is 23.9. The Morgan fingerprint density at radius 2 is 1.81 bits per heavy atom. The highest BCUT2D eigenvalue weighted by Gasteiger charge is 2.32. The molecule has 1 saturated heterocycles. The first-order valence-electron chi connectivity index (χ1n) is 13.9. The number of carbonyl (C=O) groups is 2. The quantitative estimate of drug-likeness (QED) is 0.251. The lowest BCUT2D eigenvalue weighted by atomic mass is 10.1. The Morgan fingerprint density at radius 3 is 2.58 bits per heavy atom. The minimum Gasteiger partial charge on any atom is -0.494 e. The van der Waals surface area contributed by atoms with E-state index in [1.807, 2.05) is 43.3 Å². The van der Waals surface area contributed by atoms with E-state index in [9.17, 15) is 9.59 Å². The number of rotatable bonds is 4. The number of methoxy groups -OCH3 is 1. The first-order chi connectivity index (χ1) is 20.9. The second-order valence-electron chi connectivity index (χ2n) is 10.5. The van der Waals surface area contributed by atoms with Crippen LogP contribution in [-0.2, 0) is 4.79 Å². The van der Waals surface area contributed by atoms with E-state index in [1.54, 1.807) is 18.2 Å². The van der Waals surface area contributed by atoms with Gasteiger partial charge in [-0.3, -0.25) is 9.59 Å². The van der Waals surface area contributed by atoms with Crippen LogP contribution in [0, 0.1) is 13.8 Å². The summed E-state index contributed by atoms with van der Waals surface area (Å²) in [5.74, 6) is 2.40. The Balaban J connectivity index is 1.15. The van der Waals surface area contributed by atoms with Crippen molar-refractivity contribution in [1.29, 1.82) is 0 Å². The van der Waals surface area contributed by atoms with E-state index in [2.05, 4.69) is 31.0 Å². The molecule has 1 amide bonds. The summed E-state index contributed by atoms with van der Waals surface area (Å²) >= 11 is 0. The van der Waals surface area contributed by atoms with Crippen molar-refractivity contribution < 1.29 is 19.1 Å². The fourth-order valence-corrected chi connectivity index (χ4v) is 5.52. The van der Waals surface area contributed by atoms with Crippen molar-refractivity contribution in [2.75, 3.05) is 33.3 Å². The number of pyridine rings is 1. The van der Waals surface area contributed by atoms with Gasteiger partial charge in [0, 0.05) is 32.4 Å². The molecule has 2 aliphatic heterocycles. The number of hydrogen-bond acceptors (Lipinski definition) is 9. The number of H-pyrrole nitrogens is 1. The number of Topliss-reactive ketones (excluding diaryl/α,β-unsaturated/α-hetero) is 1. The highest BCUT2D eigenvalue weighted by molar-refractivity contribution is 6.45. The average molecular weight is 577 g/mol. The topological polar surface area (TPSA) is 131 Å². The number of ether oxygens (including phenoxy) is 2. The minimum absolute atomic E-state index is 0.214. The van der Waals surface area contributed by atoms with E-state index in [0.29, 0.717) is 60.2 Å². The van der Waals surface area contributed by atoms with Crippen LogP contribution in [0.3, 0.4) is 0 Å². The highest BCUT2D eigenvalue weighted by atomic mass is 16.5. The molecule has 0 saturated carbocycles. The first kappa shape index (κ1) is 26.4. The molecular weight excluding hydrogens is 548 g/mol. The number of nitrogens with zero attached hydrogens (tertiary/aromatic N) is 7. The number of para-hydroxylation sites is 2. The molecule has 2 aliphatic rings. The molecule has 0 bridgehead atoms. The van der Waals surface area contributed by atoms with Gasteiger partial charge in [0.2, 0.25) is 0 Å². The van der Waals surface area contributed by atoms with E-state index < -0.39 is 11.7 Å². The summed E-state index contributed by atoms with van der Waals surface area (Å²) in [6, 6.07) is 13.7. The van der Waals surface area contributed by atoms with Crippen LogP contribution in [0.25, 0.3) is 16.7 Å². The first-order valence-corrected chi connectivity index (χ1v) is 13.9. The molecule has 0 spiro atoms. The largest absolute Gasteiger partial charge is 0.494 e. The number of fused-ring (bicyclic) bond motifs is 3. The molecule has 43 heavy (non-hydrogen) atoms. The van der Waals surface area contributed by atoms with Gasteiger partial charge in [0.15, 0.2) is 11.6 Å². The van der Waals surface area contributed by atoms with Crippen LogP contribution in [0.1, 0.15) is 27.3 Å². The van der Waals surface area contributed by atoms with Crippen molar-refractivity contribution in [3.63, 3.8) is 0 Å². The lowest BCUT2D eigenvalue weighted by Crippen LogP contribution is -2.52. The number of amidine groups is 1. The minimum atomic E-state index is -0.625. The van der Waals surface area contributed by atoms with Crippen molar-refractivity contribution in [2.45, 2.75) is 13.8 Å². The summed E-state index contributed by atoms with van der Waals surface area (Å²) in [4.78, 5) is 47.6. The van der Waals surface area contributed by atoms with Gasteiger partial charge in [-0.2, -0.15) is 5.10 Å². The fraction of sp³-hybridized carbons (Fsp3) is 0.226. The number of hydrogen-bond donors (Lipinski definition) is 1. The third-order valence-electron chi connectivity index (χ3n) is 7.69. The third kappa shape index (κ3) is 4.56. The molecule has 1 fully saturated rings. The number of piperazine rings is 1. The Morgan fingerprint density at radius 1 is 1.00 bits per heavy atom. The summed E-state index contributed by atoms with van der Waals surface area (Å²) in [5, 5.41) is 4.80. The lowest BCUT2D eigenvalue weighted by molar-refractivity contribution is -0.127. The molecule has 12 nitrogen and oxygen atoms in total. The summed E-state index contributed by atoms with van der Waals surface area (Å²) in [6.45, 7) is 5.53. The maximum atomic E-state index is 13.6. The Bertz CT molecular complexity index is 1930. The predicted octanol–water partition coefficient (Wildman–Crippen LogP) is 3.98. The number of carbonyl (C=O) groups excluding carboxylic acids is 2. The lowest BCUT2D eigenvalue weighted by Gasteiger charge is -2.36. The van der Waals surface area contributed by atoms with Gasteiger partial charge in [-0.15, -0.1) is 0 Å². The van der Waals surface area contributed by atoms with Crippen molar-refractivity contribution >= 4 is 34.1 Å². The number of benzene rings is 2. The maximum Gasteiger partial charge on any atom is 0.295 e. The highest BCUT2D eigenvalue weighted by Crippen LogP contribution is 2.38. The van der Waals surface area contributed by atoms with E-state index in [4.69, 9.17) is 14.5 Å². The second-order valence-corrected chi connectivity index (χ2v) is 10.5. The second kappa shape index (κ2) is 10.4. The van der Waals surface area contributed by atoms with Crippen LogP contribution in [0.2, 0.25) is 0 Å². The summed E-state index contributed by atoms with van der Waals surface area (Å²) < 4.78 is 13.3. The maximum absolute atomic E-state index is 13.6. The van der Waals surface area contributed by atoms with Gasteiger partial charge in [-0.1, -0.05) is 23.8 Å². The molecule has 0 radical (unpaired) electrons. The van der Waals surface area contributed by atoms with Gasteiger partial charge < -0.3 is 24.3 Å². The standard InChI is InChI=1S/C31H28N8O4/c1-18-8-9-23-20(14-18)29(35-22-6-4-5-7-24(22)43-23)37-10-12-38(13-11-37)31(41)28(40)21-15-32-27-26(21)25(42-3)16-33-30(27)39-17-34-19(2)36-39/h4-9,14-17,32H,10-13H2,1-3H3. The van der Waals surface area contributed by atoms with Crippen LogP contribution in [0.15, 0.2) is 66.2 Å². The van der Waals surface area contributed by atoms with Crippen molar-refractivity contribution in [3.05, 3.63) is 83.7 Å². The molecular formula is C31H28N8O4. The molecule has 1 N–H and O–H groups in total. The zero-order valence-electron chi connectivity index (χ0n) is 23.9. The third-order valence-corrected chi connectivity index (χ3v) is 7.69. The van der Waals surface area contributed by atoms with Gasteiger partial charge >= 0.3 is 0 Å². The number of ketones is 1. The van der Waals surface area contributed by atoms with Gasteiger partial charge in [0.05, 0.1) is 35.3 Å². The monoisotopic (exact) mass is 576 g/mol. The number of aryl methyl sites for hydroxylation is 2. The molecule has 12 heteroatoms. The van der Waals surface area contributed by atoms with E-state index >= 15 is 0 Å². The average Bonchev–Trinajstić information content (AvgIpc) is 3.63. The Kier molecular flexibility index (Phi) is 6.38. The molecule has 3 aromatic heterocycles. The Labute approximate surface area is 246 Å². The zero-order chi connectivity index (χ0) is 29.7. The smallest absolute Gasteiger partial charge is 0.295 e. The van der Waals surface area contributed by atoms with E-state index in [-0.39, 0.29) is 5.56 Å². The molecule has 2 aromatic carbocycles. The number of amides is 1. The number of aromatic amines is 1. The van der Waals surface area contributed by atoms with Crippen LogP contribution >= 0.6 is 0 Å². The van der Waals surface area contributed by atoms with E-state index in [1.165, 1.54) is 24.2 Å². The molecule has 7 rings (SSSR count). The molecule has 5 heterocycles. The Hall–Kier alpha value is -5.52. The van der Waals surface area contributed by atoms with Crippen molar-refractivity contribution in [2.24, 2.45) is 4.99 Å².